The highest BCUT2D eigenvalue weighted by Crippen LogP contribution is 2.26. The number of halogens is 1. The van der Waals surface area contributed by atoms with Gasteiger partial charge in [-0.15, -0.1) is 0 Å². The first kappa shape index (κ1) is 14.0. The van der Waals surface area contributed by atoms with E-state index in [9.17, 15) is 5.11 Å². The van der Waals surface area contributed by atoms with Gasteiger partial charge in [0.1, 0.15) is 11.9 Å². The molecule has 1 unspecified atom stereocenters. The number of ether oxygens (including phenoxy) is 1. The number of aryl methyl sites for hydroxylation is 1. The number of aliphatic hydroxyl groups is 1. The largest absolute Gasteiger partial charge is 0.497 e. The van der Waals surface area contributed by atoms with E-state index in [1.807, 2.05) is 25.1 Å². The Balaban J connectivity index is 2.18. The highest BCUT2D eigenvalue weighted by atomic mass is 79.9. The molecule has 1 aromatic heterocycles. The molecule has 100 valence electrons. The van der Waals surface area contributed by atoms with Gasteiger partial charge in [0.05, 0.1) is 7.11 Å². The maximum absolute atomic E-state index is 10.2. The molecule has 0 aliphatic heterocycles. The Kier molecular flexibility index (Phi) is 4.50. The molecule has 2 aromatic rings. The van der Waals surface area contributed by atoms with Gasteiger partial charge in [-0.2, -0.15) is 0 Å². The molecule has 0 bridgehead atoms. The Hall–Kier alpha value is -1.46. The van der Waals surface area contributed by atoms with Crippen molar-refractivity contribution in [1.29, 1.82) is 0 Å². The Morgan fingerprint density at radius 2 is 2.00 bits per heavy atom. The minimum Gasteiger partial charge on any atom is -0.497 e. The number of nitrogens with zero attached hydrogens (tertiary/aromatic N) is 2. The lowest BCUT2D eigenvalue weighted by molar-refractivity contribution is 0.168. The van der Waals surface area contributed by atoms with Crippen molar-refractivity contribution in [2.75, 3.05) is 7.11 Å². The summed E-state index contributed by atoms with van der Waals surface area (Å²) in [6.07, 6.45) is 3.10. The summed E-state index contributed by atoms with van der Waals surface area (Å²) in [5, 5.41) is 10.2. The molecule has 0 aliphatic rings. The third-order valence-electron chi connectivity index (χ3n) is 2.77. The van der Waals surface area contributed by atoms with Crippen molar-refractivity contribution in [2.45, 2.75) is 19.4 Å². The van der Waals surface area contributed by atoms with Crippen LogP contribution in [0.1, 0.15) is 23.1 Å². The SMILES string of the molecule is COc1ccc(Br)c(CC(O)c2ncc(C)cn2)c1. The molecular formula is C14H15BrN2O2. The van der Waals surface area contributed by atoms with E-state index >= 15 is 0 Å². The summed E-state index contributed by atoms with van der Waals surface area (Å²) in [4.78, 5) is 8.28. The van der Waals surface area contributed by atoms with Crippen LogP contribution in [0.3, 0.4) is 0 Å². The summed E-state index contributed by atoms with van der Waals surface area (Å²) in [5.74, 6) is 1.19. The van der Waals surface area contributed by atoms with E-state index in [1.165, 1.54) is 0 Å². The molecule has 0 amide bonds. The highest BCUT2D eigenvalue weighted by molar-refractivity contribution is 9.10. The fourth-order valence-corrected chi connectivity index (χ4v) is 2.12. The molecule has 0 saturated heterocycles. The second-order valence-corrected chi connectivity index (χ2v) is 5.15. The molecule has 4 nitrogen and oxygen atoms in total. The Labute approximate surface area is 120 Å². The molecule has 0 fully saturated rings. The number of hydrogen-bond donors (Lipinski definition) is 1. The number of benzene rings is 1. The van der Waals surface area contributed by atoms with Gasteiger partial charge in [0.2, 0.25) is 0 Å². The molecule has 2 rings (SSSR count). The van der Waals surface area contributed by atoms with Crippen LogP contribution in [-0.4, -0.2) is 22.2 Å². The van der Waals surface area contributed by atoms with Crippen molar-refractivity contribution in [2.24, 2.45) is 0 Å². The molecule has 0 radical (unpaired) electrons. The van der Waals surface area contributed by atoms with Gasteiger partial charge in [-0.25, -0.2) is 9.97 Å². The van der Waals surface area contributed by atoms with Crippen LogP contribution in [0.2, 0.25) is 0 Å². The van der Waals surface area contributed by atoms with Gasteiger partial charge in [0.15, 0.2) is 5.82 Å². The normalized spacial score (nSPS) is 12.2. The number of aromatic nitrogens is 2. The molecular weight excluding hydrogens is 308 g/mol. The summed E-state index contributed by atoms with van der Waals surface area (Å²) in [6, 6.07) is 5.65. The van der Waals surface area contributed by atoms with Crippen molar-refractivity contribution in [1.82, 2.24) is 9.97 Å². The predicted molar refractivity (Wildman–Crippen MR) is 76.1 cm³/mol. The lowest BCUT2D eigenvalue weighted by atomic mass is 10.1. The zero-order valence-corrected chi connectivity index (χ0v) is 12.4. The molecule has 0 spiro atoms. The summed E-state index contributed by atoms with van der Waals surface area (Å²) in [5.41, 5.74) is 1.93. The Bertz CT molecular complexity index is 558. The van der Waals surface area contributed by atoms with E-state index in [-0.39, 0.29) is 0 Å². The zero-order chi connectivity index (χ0) is 13.8. The van der Waals surface area contributed by atoms with Gasteiger partial charge in [0.25, 0.3) is 0 Å². The molecule has 1 N–H and O–H groups in total. The van der Waals surface area contributed by atoms with Gasteiger partial charge in [-0.05, 0) is 36.2 Å². The molecule has 1 atom stereocenters. The first-order valence-corrected chi connectivity index (χ1v) is 6.68. The smallest absolute Gasteiger partial charge is 0.157 e. The first-order valence-electron chi connectivity index (χ1n) is 5.89. The summed E-state index contributed by atoms with van der Waals surface area (Å²) >= 11 is 3.46. The fraction of sp³-hybridized carbons (Fsp3) is 0.286. The summed E-state index contributed by atoms with van der Waals surface area (Å²) < 4.78 is 6.11. The minimum absolute atomic E-state index is 0.431. The fourth-order valence-electron chi connectivity index (χ4n) is 1.71. The van der Waals surface area contributed by atoms with Crippen LogP contribution in [0.5, 0.6) is 5.75 Å². The average Bonchev–Trinajstić information content (AvgIpc) is 2.42. The van der Waals surface area contributed by atoms with Gasteiger partial charge in [-0.1, -0.05) is 15.9 Å². The van der Waals surface area contributed by atoms with Crippen LogP contribution in [0.15, 0.2) is 35.1 Å². The molecule has 19 heavy (non-hydrogen) atoms. The number of rotatable bonds is 4. The maximum Gasteiger partial charge on any atom is 0.157 e. The average molecular weight is 323 g/mol. The monoisotopic (exact) mass is 322 g/mol. The zero-order valence-electron chi connectivity index (χ0n) is 10.8. The van der Waals surface area contributed by atoms with Crippen molar-refractivity contribution >= 4 is 15.9 Å². The van der Waals surface area contributed by atoms with Gasteiger partial charge >= 0.3 is 0 Å². The molecule has 5 heteroatoms. The quantitative estimate of drug-likeness (QED) is 0.940. The predicted octanol–water partition coefficient (Wildman–Crippen LogP) is 2.83. The number of hydrogen-bond acceptors (Lipinski definition) is 4. The van der Waals surface area contributed by atoms with E-state index in [4.69, 9.17) is 4.74 Å². The van der Waals surface area contributed by atoms with Crippen LogP contribution < -0.4 is 4.74 Å². The number of aliphatic hydroxyl groups excluding tert-OH is 1. The second kappa shape index (κ2) is 6.12. The van der Waals surface area contributed by atoms with Crippen LogP contribution >= 0.6 is 15.9 Å². The maximum atomic E-state index is 10.2. The molecule has 1 aromatic carbocycles. The van der Waals surface area contributed by atoms with E-state index in [0.717, 1.165) is 21.3 Å². The lowest BCUT2D eigenvalue weighted by Gasteiger charge is -2.12. The van der Waals surface area contributed by atoms with E-state index in [2.05, 4.69) is 25.9 Å². The third kappa shape index (κ3) is 3.52. The number of methoxy groups -OCH3 is 1. The second-order valence-electron chi connectivity index (χ2n) is 4.30. The summed E-state index contributed by atoms with van der Waals surface area (Å²) in [6.45, 7) is 1.91. The highest BCUT2D eigenvalue weighted by Gasteiger charge is 2.14. The Morgan fingerprint density at radius 3 is 2.63 bits per heavy atom. The van der Waals surface area contributed by atoms with Gasteiger partial charge < -0.3 is 9.84 Å². The van der Waals surface area contributed by atoms with Crippen LogP contribution in [0.4, 0.5) is 0 Å². The van der Waals surface area contributed by atoms with E-state index in [0.29, 0.717) is 12.2 Å². The third-order valence-corrected chi connectivity index (χ3v) is 3.54. The van der Waals surface area contributed by atoms with E-state index in [1.54, 1.807) is 19.5 Å². The molecule has 1 heterocycles. The standard InChI is InChI=1S/C14H15BrN2O2/c1-9-7-16-14(17-8-9)13(18)6-10-5-11(19-2)3-4-12(10)15/h3-5,7-8,13,18H,6H2,1-2H3. The van der Waals surface area contributed by atoms with Crippen LogP contribution in [0, 0.1) is 6.92 Å². The van der Waals surface area contributed by atoms with Crippen LogP contribution in [0.25, 0.3) is 0 Å². The minimum atomic E-state index is -0.732. The van der Waals surface area contributed by atoms with Crippen LogP contribution in [-0.2, 0) is 6.42 Å². The first-order chi connectivity index (χ1) is 9.10. The molecule has 0 saturated carbocycles. The topological polar surface area (TPSA) is 55.2 Å². The van der Waals surface area contributed by atoms with Crippen molar-refractivity contribution in [3.63, 3.8) is 0 Å². The molecule has 0 aliphatic carbocycles. The Morgan fingerprint density at radius 1 is 1.32 bits per heavy atom. The summed E-state index contributed by atoms with van der Waals surface area (Å²) in [7, 11) is 1.62. The van der Waals surface area contributed by atoms with Crippen molar-refractivity contribution in [3.05, 3.63) is 52.0 Å². The van der Waals surface area contributed by atoms with Crippen molar-refractivity contribution in [3.8, 4) is 5.75 Å². The van der Waals surface area contributed by atoms with Crippen molar-refractivity contribution < 1.29 is 9.84 Å². The van der Waals surface area contributed by atoms with Gasteiger partial charge in [0, 0.05) is 23.3 Å². The van der Waals surface area contributed by atoms with E-state index < -0.39 is 6.10 Å². The van der Waals surface area contributed by atoms with Gasteiger partial charge in [-0.3, -0.25) is 0 Å². The lowest BCUT2D eigenvalue weighted by Crippen LogP contribution is -2.07.